The Bertz CT molecular complexity index is 247. The summed E-state index contributed by atoms with van der Waals surface area (Å²) in [6, 6.07) is 0. The Morgan fingerprint density at radius 3 is 2.53 bits per heavy atom. The molecule has 1 heterocycles. The molecule has 1 atom stereocenters. The van der Waals surface area contributed by atoms with Gasteiger partial charge >= 0.3 is 5.97 Å². The molecule has 1 N–H and O–H groups in total. The molecular weight excluding hydrogens is 238 g/mol. The van der Waals surface area contributed by atoms with Crippen LogP contribution in [0.4, 0.5) is 0 Å². The van der Waals surface area contributed by atoms with E-state index in [0.29, 0.717) is 12.3 Å². The lowest BCUT2D eigenvalue weighted by Gasteiger charge is -2.34. The largest absolute Gasteiger partial charge is 0.481 e. The lowest BCUT2D eigenvalue weighted by molar-refractivity contribution is -0.137. The van der Waals surface area contributed by atoms with Crippen molar-refractivity contribution in [3.05, 3.63) is 0 Å². The zero-order chi connectivity index (χ0) is 14.1. The van der Waals surface area contributed by atoms with Crippen molar-refractivity contribution in [3.63, 3.8) is 0 Å². The molecule has 0 aromatic rings. The van der Waals surface area contributed by atoms with Crippen LogP contribution in [-0.2, 0) is 4.79 Å². The van der Waals surface area contributed by atoms with Crippen LogP contribution >= 0.6 is 0 Å². The third-order valence-electron chi connectivity index (χ3n) is 4.53. The number of hydrogen-bond donors (Lipinski definition) is 1. The van der Waals surface area contributed by atoms with Gasteiger partial charge in [0.2, 0.25) is 0 Å². The number of carbonyl (C=O) groups is 1. The first kappa shape index (κ1) is 16.5. The van der Waals surface area contributed by atoms with Gasteiger partial charge in [-0.3, -0.25) is 4.79 Å². The molecule has 112 valence electrons. The number of likely N-dealkylation sites (tertiary alicyclic amines) is 1. The van der Waals surface area contributed by atoms with Crippen molar-refractivity contribution in [2.45, 2.75) is 65.2 Å². The van der Waals surface area contributed by atoms with Gasteiger partial charge in [0, 0.05) is 13.0 Å². The molecule has 0 amide bonds. The summed E-state index contributed by atoms with van der Waals surface area (Å²) in [7, 11) is 0. The van der Waals surface area contributed by atoms with Gasteiger partial charge in [-0.1, -0.05) is 33.1 Å². The fraction of sp³-hybridized carbons (Fsp3) is 0.938. The molecule has 0 saturated carbocycles. The topological polar surface area (TPSA) is 40.5 Å². The second kappa shape index (κ2) is 9.35. The number of carboxylic acids is 1. The highest BCUT2D eigenvalue weighted by Gasteiger charge is 2.21. The van der Waals surface area contributed by atoms with Gasteiger partial charge in [-0.2, -0.15) is 0 Å². The van der Waals surface area contributed by atoms with Gasteiger partial charge in [-0.15, -0.1) is 0 Å². The summed E-state index contributed by atoms with van der Waals surface area (Å²) in [5.41, 5.74) is 0. The first-order valence-corrected chi connectivity index (χ1v) is 8.09. The Kier molecular flexibility index (Phi) is 8.11. The van der Waals surface area contributed by atoms with E-state index in [4.69, 9.17) is 5.11 Å². The van der Waals surface area contributed by atoms with E-state index in [-0.39, 0.29) is 0 Å². The van der Waals surface area contributed by atoms with E-state index in [0.717, 1.165) is 12.3 Å². The zero-order valence-electron chi connectivity index (χ0n) is 12.7. The van der Waals surface area contributed by atoms with Gasteiger partial charge in [0.05, 0.1) is 0 Å². The van der Waals surface area contributed by atoms with E-state index < -0.39 is 5.97 Å². The van der Waals surface area contributed by atoms with Crippen LogP contribution in [0.25, 0.3) is 0 Å². The molecule has 1 aliphatic heterocycles. The summed E-state index contributed by atoms with van der Waals surface area (Å²) in [5.74, 6) is 0.853. The van der Waals surface area contributed by atoms with E-state index >= 15 is 0 Å². The second-order valence-electron chi connectivity index (χ2n) is 6.09. The first-order valence-electron chi connectivity index (χ1n) is 8.09. The van der Waals surface area contributed by atoms with Crippen LogP contribution in [0, 0.1) is 11.8 Å². The van der Waals surface area contributed by atoms with E-state index in [2.05, 4.69) is 18.7 Å². The molecule has 1 saturated heterocycles. The predicted molar refractivity (Wildman–Crippen MR) is 79.3 cm³/mol. The highest BCUT2D eigenvalue weighted by atomic mass is 16.4. The Morgan fingerprint density at radius 2 is 2.00 bits per heavy atom. The maximum Gasteiger partial charge on any atom is 0.303 e. The molecule has 1 aliphatic rings. The van der Waals surface area contributed by atoms with Crippen molar-refractivity contribution in [2.24, 2.45) is 11.8 Å². The summed E-state index contributed by atoms with van der Waals surface area (Å²) in [5, 5.41) is 8.72. The summed E-state index contributed by atoms with van der Waals surface area (Å²) in [4.78, 5) is 13.2. The molecule has 3 nitrogen and oxygen atoms in total. The number of nitrogens with zero attached hydrogens (tertiary/aromatic N) is 1. The third kappa shape index (κ3) is 6.95. The fourth-order valence-corrected chi connectivity index (χ4v) is 3.07. The summed E-state index contributed by atoms with van der Waals surface area (Å²) >= 11 is 0. The molecule has 0 spiro atoms. The van der Waals surface area contributed by atoms with Crippen LogP contribution in [0.15, 0.2) is 0 Å². The SMILES string of the molecule is CCCCC(CC)CN1CCC(CCC(=O)O)CC1. The zero-order valence-corrected chi connectivity index (χ0v) is 12.7. The molecule has 1 fully saturated rings. The molecule has 0 bridgehead atoms. The molecule has 1 rings (SSSR count). The summed E-state index contributed by atoms with van der Waals surface area (Å²) < 4.78 is 0. The van der Waals surface area contributed by atoms with Crippen LogP contribution in [0.3, 0.4) is 0 Å². The van der Waals surface area contributed by atoms with Crippen molar-refractivity contribution in [2.75, 3.05) is 19.6 Å². The quantitative estimate of drug-likeness (QED) is 0.692. The Balaban J connectivity index is 2.19. The predicted octanol–water partition coefficient (Wildman–Crippen LogP) is 3.78. The minimum absolute atomic E-state index is 0.346. The molecule has 19 heavy (non-hydrogen) atoms. The van der Waals surface area contributed by atoms with Crippen LogP contribution in [0.2, 0.25) is 0 Å². The second-order valence-corrected chi connectivity index (χ2v) is 6.09. The van der Waals surface area contributed by atoms with Gasteiger partial charge < -0.3 is 10.0 Å². The standard InChI is InChI=1S/C16H31NO2/c1-3-5-6-14(4-2)13-17-11-9-15(10-12-17)7-8-16(18)19/h14-15H,3-13H2,1-2H3,(H,18,19). The molecule has 1 unspecified atom stereocenters. The van der Waals surface area contributed by atoms with Gasteiger partial charge in [0.15, 0.2) is 0 Å². The molecule has 0 radical (unpaired) electrons. The van der Waals surface area contributed by atoms with Crippen LogP contribution < -0.4 is 0 Å². The molecule has 0 aromatic heterocycles. The minimum atomic E-state index is -0.645. The molecule has 3 heteroatoms. The number of hydrogen-bond acceptors (Lipinski definition) is 2. The highest BCUT2D eigenvalue weighted by Crippen LogP contribution is 2.24. The van der Waals surface area contributed by atoms with Crippen molar-refractivity contribution in [1.29, 1.82) is 0 Å². The van der Waals surface area contributed by atoms with E-state index in [1.165, 1.54) is 58.2 Å². The normalized spacial score (nSPS) is 19.5. The maximum atomic E-state index is 10.6. The summed E-state index contributed by atoms with van der Waals surface area (Å²) in [6.45, 7) is 8.17. The summed E-state index contributed by atoms with van der Waals surface area (Å²) in [6.07, 6.45) is 8.91. The van der Waals surface area contributed by atoms with E-state index in [1.807, 2.05) is 0 Å². The molecule has 0 aliphatic carbocycles. The first-order chi connectivity index (χ1) is 9.15. The van der Waals surface area contributed by atoms with Crippen LogP contribution in [-0.4, -0.2) is 35.6 Å². The number of rotatable bonds is 9. The number of carboxylic acid groups (broad SMARTS) is 1. The van der Waals surface area contributed by atoms with Crippen molar-refractivity contribution < 1.29 is 9.90 Å². The van der Waals surface area contributed by atoms with Gasteiger partial charge in [-0.05, 0) is 50.6 Å². The van der Waals surface area contributed by atoms with Crippen molar-refractivity contribution in [3.8, 4) is 0 Å². The van der Waals surface area contributed by atoms with Gasteiger partial charge in [-0.25, -0.2) is 0 Å². The van der Waals surface area contributed by atoms with Crippen LogP contribution in [0.5, 0.6) is 0 Å². The lowest BCUT2D eigenvalue weighted by Crippen LogP contribution is -2.37. The van der Waals surface area contributed by atoms with Crippen molar-refractivity contribution >= 4 is 5.97 Å². The Morgan fingerprint density at radius 1 is 1.32 bits per heavy atom. The smallest absolute Gasteiger partial charge is 0.303 e. The number of piperidine rings is 1. The van der Waals surface area contributed by atoms with Crippen LogP contribution in [0.1, 0.15) is 65.2 Å². The fourth-order valence-electron chi connectivity index (χ4n) is 3.07. The maximum absolute atomic E-state index is 10.6. The van der Waals surface area contributed by atoms with Gasteiger partial charge in [0.1, 0.15) is 0 Å². The van der Waals surface area contributed by atoms with Gasteiger partial charge in [0.25, 0.3) is 0 Å². The van der Waals surface area contributed by atoms with E-state index in [9.17, 15) is 4.79 Å². The highest BCUT2D eigenvalue weighted by molar-refractivity contribution is 5.66. The Hall–Kier alpha value is -0.570. The third-order valence-corrected chi connectivity index (χ3v) is 4.53. The molecule has 0 aromatic carbocycles. The van der Waals surface area contributed by atoms with E-state index in [1.54, 1.807) is 0 Å². The average Bonchev–Trinajstić information content (AvgIpc) is 2.42. The van der Waals surface area contributed by atoms with Crippen molar-refractivity contribution in [1.82, 2.24) is 4.90 Å². The average molecular weight is 269 g/mol. The minimum Gasteiger partial charge on any atom is -0.481 e. The molecular formula is C16H31NO2. The number of aliphatic carboxylic acids is 1. The Labute approximate surface area is 118 Å². The number of unbranched alkanes of at least 4 members (excludes halogenated alkanes) is 1. The lowest BCUT2D eigenvalue weighted by atomic mass is 9.91. The monoisotopic (exact) mass is 269 g/mol.